The van der Waals surface area contributed by atoms with Gasteiger partial charge in [0.1, 0.15) is 5.82 Å². The summed E-state index contributed by atoms with van der Waals surface area (Å²) in [4.78, 5) is 7.14. The van der Waals surface area contributed by atoms with Crippen LogP contribution in [0.3, 0.4) is 0 Å². The van der Waals surface area contributed by atoms with Gasteiger partial charge >= 0.3 is 0 Å². The molecule has 0 radical (unpaired) electrons. The molecule has 21 heavy (non-hydrogen) atoms. The highest BCUT2D eigenvalue weighted by atomic mass is 15.2. The van der Waals surface area contributed by atoms with Crippen molar-refractivity contribution in [2.45, 2.75) is 59.5 Å². The number of hydrogen-bond acceptors (Lipinski definition) is 3. The van der Waals surface area contributed by atoms with Crippen molar-refractivity contribution in [3.05, 3.63) is 23.9 Å². The van der Waals surface area contributed by atoms with Crippen molar-refractivity contribution in [3.8, 4) is 0 Å². The van der Waals surface area contributed by atoms with Crippen molar-refractivity contribution >= 4 is 5.82 Å². The van der Waals surface area contributed by atoms with Gasteiger partial charge in [-0.3, -0.25) is 0 Å². The Kier molecular flexibility index (Phi) is 6.04. The summed E-state index contributed by atoms with van der Waals surface area (Å²) in [5, 5.41) is 3.52. The van der Waals surface area contributed by atoms with Crippen LogP contribution in [0.15, 0.2) is 18.3 Å². The summed E-state index contributed by atoms with van der Waals surface area (Å²) in [5.74, 6) is 2.62. The van der Waals surface area contributed by atoms with Gasteiger partial charge in [-0.05, 0) is 55.3 Å². The minimum Gasteiger partial charge on any atom is -0.354 e. The summed E-state index contributed by atoms with van der Waals surface area (Å²) in [5.41, 5.74) is 1.34. The fraction of sp³-hybridized carbons (Fsp3) is 0.722. The molecule has 1 heterocycles. The van der Waals surface area contributed by atoms with Crippen molar-refractivity contribution in [2.24, 2.45) is 11.8 Å². The Morgan fingerprint density at radius 2 is 2.00 bits per heavy atom. The molecule has 0 spiro atoms. The highest BCUT2D eigenvalue weighted by molar-refractivity contribution is 5.43. The molecule has 0 amide bonds. The maximum Gasteiger partial charge on any atom is 0.129 e. The standard InChI is InChI=1S/C18H31N3/c1-14(2)8-10-21(17-5-6-17)18-11-16(7-9-20-18)13-19-12-15(3)4/h7,9,11,14-15,17,19H,5-6,8,10,12-13H2,1-4H3. The van der Waals surface area contributed by atoms with Crippen LogP contribution in [-0.4, -0.2) is 24.1 Å². The monoisotopic (exact) mass is 289 g/mol. The van der Waals surface area contributed by atoms with Crippen LogP contribution in [0.1, 0.15) is 52.5 Å². The Bertz CT molecular complexity index is 424. The van der Waals surface area contributed by atoms with Gasteiger partial charge < -0.3 is 10.2 Å². The van der Waals surface area contributed by atoms with Crippen molar-refractivity contribution in [2.75, 3.05) is 18.0 Å². The van der Waals surface area contributed by atoms with Gasteiger partial charge in [-0.25, -0.2) is 4.98 Å². The van der Waals surface area contributed by atoms with Gasteiger partial charge in [0.25, 0.3) is 0 Å². The number of nitrogens with zero attached hydrogens (tertiary/aromatic N) is 2. The van der Waals surface area contributed by atoms with Crippen LogP contribution in [0.25, 0.3) is 0 Å². The lowest BCUT2D eigenvalue weighted by Gasteiger charge is -2.25. The fourth-order valence-electron chi connectivity index (χ4n) is 2.50. The molecule has 1 aromatic heterocycles. The van der Waals surface area contributed by atoms with Crippen LogP contribution in [-0.2, 0) is 6.54 Å². The molecule has 118 valence electrons. The average Bonchev–Trinajstić information content (AvgIpc) is 3.23. The highest BCUT2D eigenvalue weighted by Gasteiger charge is 2.29. The van der Waals surface area contributed by atoms with Crippen molar-refractivity contribution < 1.29 is 0 Å². The molecule has 0 unspecified atom stereocenters. The molecular formula is C18H31N3. The van der Waals surface area contributed by atoms with E-state index in [9.17, 15) is 0 Å². The molecule has 3 heteroatoms. The second-order valence-corrected chi connectivity index (χ2v) is 7.15. The van der Waals surface area contributed by atoms with Gasteiger partial charge in [0, 0.05) is 25.3 Å². The molecule has 1 aromatic rings. The van der Waals surface area contributed by atoms with Crippen LogP contribution in [0, 0.1) is 11.8 Å². The molecule has 2 rings (SSSR count). The zero-order chi connectivity index (χ0) is 15.2. The maximum absolute atomic E-state index is 4.62. The molecule has 1 fully saturated rings. The van der Waals surface area contributed by atoms with Gasteiger partial charge in [-0.15, -0.1) is 0 Å². The smallest absolute Gasteiger partial charge is 0.129 e. The number of anilines is 1. The number of pyridine rings is 1. The Labute approximate surface area is 130 Å². The normalized spacial score (nSPS) is 15.0. The van der Waals surface area contributed by atoms with Crippen molar-refractivity contribution in [1.82, 2.24) is 10.3 Å². The lowest BCUT2D eigenvalue weighted by atomic mass is 10.1. The van der Waals surface area contributed by atoms with Gasteiger partial charge in [-0.1, -0.05) is 27.7 Å². The molecule has 1 saturated carbocycles. The van der Waals surface area contributed by atoms with E-state index in [1.165, 1.54) is 30.6 Å². The van der Waals surface area contributed by atoms with E-state index in [2.05, 4.69) is 55.0 Å². The third-order valence-electron chi connectivity index (χ3n) is 3.92. The third-order valence-corrected chi connectivity index (χ3v) is 3.92. The van der Waals surface area contributed by atoms with E-state index < -0.39 is 0 Å². The molecule has 3 nitrogen and oxygen atoms in total. The van der Waals surface area contributed by atoms with Gasteiger partial charge in [0.2, 0.25) is 0 Å². The second kappa shape index (κ2) is 7.79. The van der Waals surface area contributed by atoms with Crippen molar-refractivity contribution in [1.29, 1.82) is 0 Å². The van der Waals surface area contributed by atoms with E-state index in [0.29, 0.717) is 5.92 Å². The maximum atomic E-state index is 4.62. The molecule has 1 aliphatic carbocycles. The van der Waals surface area contributed by atoms with E-state index >= 15 is 0 Å². The SMILES string of the molecule is CC(C)CCN(c1cc(CNCC(C)C)ccn1)C1CC1. The number of nitrogens with one attached hydrogen (secondary N) is 1. The quantitative estimate of drug-likeness (QED) is 0.748. The molecule has 0 aliphatic heterocycles. The van der Waals surface area contributed by atoms with Gasteiger partial charge in [-0.2, -0.15) is 0 Å². The summed E-state index contributed by atoms with van der Waals surface area (Å²) >= 11 is 0. The Balaban J connectivity index is 1.96. The second-order valence-electron chi connectivity index (χ2n) is 7.15. The first-order valence-corrected chi connectivity index (χ1v) is 8.48. The average molecular weight is 289 g/mol. The van der Waals surface area contributed by atoms with Crippen LogP contribution < -0.4 is 10.2 Å². The first-order valence-electron chi connectivity index (χ1n) is 8.48. The van der Waals surface area contributed by atoms with E-state index in [4.69, 9.17) is 0 Å². The molecule has 0 bridgehead atoms. The van der Waals surface area contributed by atoms with Gasteiger partial charge in [0.05, 0.1) is 0 Å². The Hall–Kier alpha value is -1.09. The van der Waals surface area contributed by atoms with Crippen LogP contribution in [0.2, 0.25) is 0 Å². The number of aromatic nitrogens is 1. The summed E-state index contributed by atoms with van der Waals surface area (Å²) in [6.45, 7) is 12.2. The lowest BCUT2D eigenvalue weighted by molar-refractivity contribution is 0.551. The Morgan fingerprint density at radius 1 is 1.24 bits per heavy atom. The minimum absolute atomic E-state index is 0.695. The fourth-order valence-corrected chi connectivity index (χ4v) is 2.50. The highest BCUT2D eigenvalue weighted by Crippen LogP contribution is 2.31. The predicted octanol–water partition coefficient (Wildman–Crippen LogP) is 3.84. The number of hydrogen-bond donors (Lipinski definition) is 1. The molecule has 0 aromatic carbocycles. The Morgan fingerprint density at radius 3 is 2.62 bits per heavy atom. The van der Waals surface area contributed by atoms with E-state index in [0.717, 1.165) is 31.6 Å². The zero-order valence-electron chi connectivity index (χ0n) is 14.1. The molecule has 0 saturated heterocycles. The van der Waals surface area contributed by atoms with E-state index in [1.807, 2.05) is 6.20 Å². The van der Waals surface area contributed by atoms with E-state index in [-0.39, 0.29) is 0 Å². The molecule has 1 aliphatic rings. The summed E-state index contributed by atoms with van der Waals surface area (Å²) in [6, 6.07) is 5.13. The first kappa shape index (κ1) is 16.3. The van der Waals surface area contributed by atoms with Crippen LogP contribution in [0.4, 0.5) is 5.82 Å². The minimum atomic E-state index is 0.695. The van der Waals surface area contributed by atoms with E-state index in [1.54, 1.807) is 0 Å². The topological polar surface area (TPSA) is 28.2 Å². The van der Waals surface area contributed by atoms with Gasteiger partial charge in [0.15, 0.2) is 0 Å². The molecular weight excluding hydrogens is 258 g/mol. The predicted molar refractivity (Wildman–Crippen MR) is 90.6 cm³/mol. The van der Waals surface area contributed by atoms with Crippen LogP contribution >= 0.6 is 0 Å². The first-order chi connectivity index (χ1) is 10.1. The van der Waals surface area contributed by atoms with Crippen LogP contribution in [0.5, 0.6) is 0 Å². The summed E-state index contributed by atoms with van der Waals surface area (Å²) < 4.78 is 0. The van der Waals surface area contributed by atoms with Crippen molar-refractivity contribution in [3.63, 3.8) is 0 Å². The largest absolute Gasteiger partial charge is 0.354 e. The summed E-state index contributed by atoms with van der Waals surface area (Å²) in [7, 11) is 0. The lowest BCUT2D eigenvalue weighted by Crippen LogP contribution is -2.29. The third kappa shape index (κ3) is 5.66. The summed E-state index contributed by atoms with van der Waals surface area (Å²) in [6.07, 6.45) is 5.87. The number of rotatable bonds is 9. The zero-order valence-corrected chi connectivity index (χ0v) is 14.1. The molecule has 1 N–H and O–H groups in total. The molecule has 0 atom stereocenters.